The van der Waals surface area contributed by atoms with E-state index in [0.717, 1.165) is 16.4 Å². The zero-order valence-electron chi connectivity index (χ0n) is 13.2. The molecule has 0 spiro atoms. The minimum Gasteiger partial charge on any atom is -0.354 e. The highest BCUT2D eigenvalue weighted by atomic mass is 35.5. The molecule has 0 radical (unpaired) electrons. The van der Waals surface area contributed by atoms with Crippen molar-refractivity contribution in [2.24, 2.45) is 0 Å². The van der Waals surface area contributed by atoms with Crippen LogP contribution in [0.3, 0.4) is 0 Å². The molecule has 1 aliphatic carbocycles. The molecule has 4 rings (SSSR count). The molecule has 23 heavy (non-hydrogen) atoms. The average Bonchev–Trinajstić information content (AvgIpc) is 2.78. The van der Waals surface area contributed by atoms with Crippen molar-refractivity contribution in [3.05, 3.63) is 82.9 Å². The van der Waals surface area contributed by atoms with E-state index >= 15 is 0 Å². The number of fused-ring (bicyclic) bond motifs is 3. The molecule has 0 aliphatic heterocycles. The molecule has 1 nitrogen and oxygen atoms in total. The Kier molecular flexibility index (Phi) is 3.21. The lowest BCUT2D eigenvalue weighted by Crippen LogP contribution is -2.15. The topological polar surface area (TPSA) is 12.0 Å². The number of rotatable bonds is 2. The summed E-state index contributed by atoms with van der Waals surface area (Å²) in [6.45, 7) is 4.58. The highest BCUT2D eigenvalue weighted by Gasteiger charge is 2.35. The molecule has 114 valence electrons. The van der Waals surface area contributed by atoms with Crippen LogP contribution in [0.4, 0.5) is 11.4 Å². The maximum Gasteiger partial charge on any atom is 0.0640 e. The Morgan fingerprint density at radius 2 is 1.48 bits per heavy atom. The molecular weight excluding hydrogens is 302 g/mol. The van der Waals surface area contributed by atoms with Crippen LogP contribution in [0.2, 0.25) is 5.02 Å². The molecule has 3 aromatic rings. The van der Waals surface area contributed by atoms with Crippen molar-refractivity contribution in [1.82, 2.24) is 0 Å². The fourth-order valence-corrected chi connectivity index (χ4v) is 3.68. The van der Waals surface area contributed by atoms with Gasteiger partial charge in [-0.2, -0.15) is 0 Å². The van der Waals surface area contributed by atoms with Gasteiger partial charge in [0.05, 0.1) is 10.7 Å². The second kappa shape index (κ2) is 5.14. The van der Waals surface area contributed by atoms with E-state index in [1.165, 1.54) is 22.3 Å². The first-order valence-electron chi connectivity index (χ1n) is 7.83. The largest absolute Gasteiger partial charge is 0.354 e. The zero-order chi connectivity index (χ0) is 16.0. The second-order valence-corrected chi connectivity index (χ2v) is 6.94. The third-order valence-corrected chi connectivity index (χ3v) is 5.07. The Bertz CT molecular complexity index is 896. The van der Waals surface area contributed by atoms with E-state index in [1.54, 1.807) is 0 Å². The van der Waals surface area contributed by atoms with Crippen LogP contribution in [0.1, 0.15) is 25.0 Å². The van der Waals surface area contributed by atoms with Crippen molar-refractivity contribution in [1.29, 1.82) is 0 Å². The minimum absolute atomic E-state index is 0.0180. The van der Waals surface area contributed by atoms with Gasteiger partial charge < -0.3 is 5.32 Å². The van der Waals surface area contributed by atoms with Crippen LogP contribution in [0.25, 0.3) is 11.1 Å². The summed E-state index contributed by atoms with van der Waals surface area (Å²) in [5.74, 6) is 0. The first kappa shape index (κ1) is 14.3. The van der Waals surface area contributed by atoms with Crippen molar-refractivity contribution < 1.29 is 0 Å². The van der Waals surface area contributed by atoms with E-state index in [2.05, 4.69) is 61.6 Å². The Morgan fingerprint density at radius 3 is 2.30 bits per heavy atom. The van der Waals surface area contributed by atoms with E-state index in [4.69, 9.17) is 11.6 Å². The number of hydrogen-bond acceptors (Lipinski definition) is 1. The summed E-state index contributed by atoms with van der Waals surface area (Å²) in [6.07, 6.45) is 0. The van der Waals surface area contributed by atoms with Crippen molar-refractivity contribution in [2.75, 3.05) is 5.32 Å². The predicted octanol–water partition coefficient (Wildman–Crippen LogP) is 6.39. The maximum absolute atomic E-state index is 6.26. The van der Waals surface area contributed by atoms with Crippen molar-refractivity contribution in [2.45, 2.75) is 19.3 Å². The lowest BCUT2D eigenvalue weighted by Gasteiger charge is -2.22. The average molecular weight is 320 g/mol. The van der Waals surface area contributed by atoms with E-state index in [1.807, 2.05) is 24.3 Å². The summed E-state index contributed by atoms with van der Waals surface area (Å²) in [5, 5.41) is 4.17. The molecule has 0 saturated heterocycles. The van der Waals surface area contributed by atoms with Crippen LogP contribution in [0.5, 0.6) is 0 Å². The normalized spacial score (nSPS) is 14.2. The lowest BCUT2D eigenvalue weighted by molar-refractivity contribution is 0.660. The highest BCUT2D eigenvalue weighted by molar-refractivity contribution is 6.33. The summed E-state index contributed by atoms with van der Waals surface area (Å²) in [6, 6.07) is 23.1. The van der Waals surface area contributed by atoms with Gasteiger partial charge in [0.1, 0.15) is 0 Å². The number of benzene rings is 3. The van der Waals surface area contributed by atoms with Gasteiger partial charge in [-0.15, -0.1) is 0 Å². The van der Waals surface area contributed by atoms with Crippen LogP contribution in [0, 0.1) is 0 Å². The van der Waals surface area contributed by atoms with Gasteiger partial charge in [-0.25, -0.2) is 0 Å². The molecule has 2 heteroatoms. The minimum atomic E-state index is 0.0180. The molecule has 0 unspecified atom stereocenters. The smallest absolute Gasteiger partial charge is 0.0640 e. The Morgan fingerprint density at radius 1 is 0.783 bits per heavy atom. The van der Waals surface area contributed by atoms with Crippen LogP contribution in [-0.4, -0.2) is 0 Å². The third-order valence-electron chi connectivity index (χ3n) is 4.74. The molecular formula is C21H18ClN. The molecule has 0 fully saturated rings. The lowest BCUT2D eigenvalue weighted by atomic mass is 9.82. The SMILES string of the molecule is CC1(C)c2ccccc2-c2ccc(Nc3ccccc3Cl)cc21. The van der Waals surface area contributed by atoms with Gasteiger partial charge in [0.15, 0.2) is 0 Å². The Hall–Kier alpha value is -2.25. The molecule has 0 bridgehead atoms. The number of anilines is 2. The van der Waals surface area contributed by atoms with Gasteiger partial charge in [-0.3, -0.25) is 0 Å². The van der Waals surface area contributed by atoms with Crippen molar-refractivity contribution in [3.8, 4) is 11.1 Å². The van der Waals surface area contributed by atoms with Gasteiger partial charge in [-0.05, 0) is 46.5 Å². The third kappa shape index (κ3) is 2.24. The van der Waals surface area contributed by atoms with Gasteiger partial charge in [-0.1, -0.05) is 67.9 Å². The number of para-hydroxylation sites is 1. The van der Waals surface area contributed by atoms with E-state index in [0.29, 0.717) is 0 Å². The number of hydrogen-bond donors (Lipinski definition) is 1. The molecule has 1 N–H and O–H groups in total. The number of halogens is 1. The summed E-state index contributed by atoms with van der Waals surface area (Å²) in [7, 11) is 0. The first-order chi connectivity index (χ1) is 11.1. The molecule has 3 aromatic carbocycles. The summed E-state index contributed by atoms with van der Waals surface area (Å²) in [5.41, 5.74) is 7.44. The van der Waals surface area contributed by atoms with Gasteiger partial charge in [0, 0.05) is 11.1 Å². The Balaban J connectivity index is 1.79. The van der Waals surface area contributed by atoms with Gasteiger partial charge in [0.25, 0.3) is 0 Å². The van der Waals surface area contributed by atoms with Crippen LogP contribution in [0.15, 0.2) is 66.7 Å². The van der Waals surface area contributed by atoms with E-state index in [-0.39, 0.29) is 5.41 Å². The summed E-state index contributed by atoms with van der Waals surface area (Å²) >= 11 is 6.26. The summed E-state index contributed by atoms with van der Waals surface area (Å²) < 4.78 is 0. The van der Waals surface area contributed by atoms with Gasteiger partial charge >= 0.3 is 0 Å². The number of nitrogens with one attached hydrogen (secondary N) is 1. The monoisotopic (exact) mass is 319 g/mol. The molecule has 0 saturated carbocycles. The quantitative estimate of drug-likeness (QED) is 0.577. The summed E-state index contributed by atoms with van der Waals surface area (Å²) in [4.78, 5) is 0. The molecule has 0 atom stereocenters. The van der Waals surface area contributed by atoms with E-state index < -0.39 is 0 Å². The second-order valence-electron chi connectivity index (χ2n) is 6.54. The van der Waals surface area contributed by atoms with Crippen molar-refractivity contribution in [3.63, 3.8) is 0 Å². The molecule has 0 amide bonds. The Labute approximate surface area is 141 Å². The standard InChI is InChI=1S/C21H18ClN/c1-21(2)17-8-4-3-7-15(17)16-12-11-14(13-18(16)21)23-20-10-6-5-9-19(20)22/h3-13,23H,1-2H3. The van der Waals surface area contributed by atoms with Crippen LogP contribution >= 0.6 is 11.6 Å². The van der Waals surface area contributed by atoms with Crippen molar-refractivity contribution >= 4 is 23.0 Å². The molecule has 1 aliphatic rings. The zero-order valence-corrected chi connectivity index (χ0v) is 14.0. The first-order valence-corrected chi connectivity index (χ1v) is 8.21. The predicted molar refractivity (Wildman–Crippen MR) is 98.7 cm³/mol. The molecule has 0 heterocycles. The van der Waals surface area contributed by atoms with Gasteiger partial charge in [0.2, 0.25) is 0 Å². The fourth-order valence-electron chi connectivity index (χ4n) is 3.50. The van der Waals surface area contributed by atoms with Crippen LogP contribution in [-0.2, 0) is 5.41 Å². The van der Waals surface area contributed by atoms with E-state index in [9.17, 15) is 0 Å². The van der Waals surface area contributed by atoms with Crippen LogP contribution < -0.4 is 5.32 Å². The highest BCUT2D eigenvalue weighted by Crippen LogP contribution is 2.49. The fraction of sp³-hybridized carbons (Fsp3) is 0.143. The molecule has 0 aromatic heterocycles. The maximum atomic E-state index is 6.26.